The maximum Gasteiger partial charge on any atom is 0.421 e. The third kappa shape index (κ3) is 5.12. The van der Waals surface area contributed by atoms with E-state index in [0.29, 0.717) is 56.5 Å². The van der Waals surface area contributed by atoms with Crippen LogP contribution in [0.15, 0.2) is 47.4 Å². The smallest absolute Gasteiger partial charge is 0.391 e. The van der Waals surface area contributed by atoms with Gasteiger partial charge in [0, 0.05) is 43.5 Å². The molecule has 3 fully saturated rings. The van der Waals surface area contributed by atoms with Crippen LogP contribution in [0.1, 0.15) is 30.9 Å². The summed E-state index contributed by atoms with van der Waals surface area (Å²) in [6, 6.07) is 5.11. The summed E-state index contributed by atoms with van der Waals surface area (Å²) < 4.78 is 74.9. The Hall–Kier alpha value is -1.71. The van der Waals surface area contributed by atoms with E-state index < -0.39 is 33.4 Å². The van der Waals surface area contributed by atoms with Crippen molar-refractivity contribution < 1.29 is 36.5 Å². The second-order valence-corrected chi connectivity index (χ2v) is 13.2. The molecule has 214 valence electrons. The molecule has 3 saturated heterocycles. The molecule has 4 unspecified atom stereocenters. The SMILES string of the molecule is CC(O)(c1ccc([C@]2(CN3C4COCC3C(O)C4)CN(S(=O)(=O)C3=CC=CCC3=S)CCN2)cc1)C(F)(F)F. The number of nitrogens with zero attached hydrogens (tertiary/aromatic N) is 2. The zero-order valence-corrected chi connectivity index (χ0v) is 23.0. The van der Waals surface area contributed by atoms with Crippen LogP contribution in [0.5, 0.6) is 0 Å². The van der Waals surface area contributed by atoms with Gasteiger partial charge in [0.2, 0.25) is 10.0 Å². The van der Waals surface area contributed by atoms with Crippen molar-refractivity contribution in [3.8, 4) is 0 Å². The fraction of sp³-hybridized carbons (Fsp3) is 0.577. The van der Waals surface area contributed by atoms with Crippen molar-refractivity contribution in [2.75, 3.05) is 39.4 Å². The van der Waals surface area contributed by atoms with Crippen molar-refractivity contribution in [3.63, 3.8) is 0 Å². The van der Waals surface area contributed by atoms with Crippen LogP contribution in [0.2, 0.25) is 0 Å². The summed E-state index contributed by atoms with van der Waals surface area (Å²) >= 11 is 5.35. The topological polar surface area (TPSA) is 102 Å². The lowest BCUT2D eigenvalue weighted by Gasteiger charge is -2.48. The molecule has 5 rings (SSSR count). The third-order valence-corrected chi connectivity index (χ3v) is 10.8. The molecule has 0 aromatic heterocycles. The lowest BCUT2D eigenvalue weighted by atomic mass is 9.84. The van der Waals surface area contributed by atoms with Crippen molar-refractivity contribution in [3.05, 3.63) is 58.5 Å². The van der Waals surface area contributed by atoms with E-state index in [1.54, 1.807) is 12.2 Å². The fourth-order valence-electron chi connectivity index (χ4n) is 5.94. The molecule has 3 aliphatic heterocycles. The quantitative estimate of drug-likeness (QED) is 0.435. The van der Waals surface area contributed by atoms with Gasteiger partial charge in [-0.2, -0.15) is 17.5 Å². The maximum atomic E-state index is 13.7. The van der Waals surface area contributed by atoms with E-state index in [9.17, 15) is 31.8 Å². The van der Waals surface area contributed by atoms with Crippen LogP contribution < -0.4 is 5.32 Å². The third-order valence-electron chi connectivity index (χ3n) is 8.31. The van der Waals surface area contributed by atoms with E-state index in [1.807, 2.05) is 0 Å². The molecule has 1 aromatic carbocycles. The number of fused-ring (bicyclic) bond motifs is 2. The van der Waals surface area contributed by atoms with Crippen LogP contribution in [0, 0.1) is 0 Å². The Bertz CT molecular complexity index is 1280. The number of hydrogen-bond acceptors (Lipinski definition) is 8. The highest BCUT2D eigenvalue weighted by atomic mass is 32.2. The maximum absolute atomic E-state index is 13.7. The summed E-state index contributed by atoms with van der Waals surface area (Å²) in [5.74, 6) is 0. The first-order chi connectivity index (χ1) is 18.3. The van der Waals surface area contributed by atoms with Crippen LogP contribution >= 0.6 is 12.2 Å². The Morgan fingerprint density at radius 3 is 2.59 bits per heavy atom. The second-order valence-electron chi connectivity index (χ2n) is 10.8. The molecule has 1 aliphatic carbocycles. The van der Waals surface area contributed by atoms with E-state index in [4.69, 9.17) is 17.0 Å². The van der Waals surface area contributed by atoms with E-state index in [2.05, 4.69) is 10.2 Å². The summed E-state index contributed by atoms with van der Waals surface area (Å²) in [4.78, 5) is 2.52. The number of sulfonamides is 1. The van der Waals surface area contributed by atoms with Crippen molar-refractivity contribution >= 4 is 27.1 Å². The minimum atomic E-state index is -4.87. The molecule has 0 amide bonds. The Labute approximate surface area is 231 Å². The van der Waals surface area contributed by atoms with E-state index in [0.717, 1.165) is 0 Å². The highest BCUT2D eigenvalue weighted by molar-refractivity contribution is 7.96. The largest absolute Gasteiger partial charge is 0.421 e. The number of nitrogens with one attached hydrogen (secondary N) is 1. The fourth-order valence-corrected chi connectivity index (χ4v) is 8.04. The number of morpholine rings is 1. The number of allylic oxidation sites excluding steroid dienone is 4. The molecule has 3 heterocycles. The first kappa shape index (κ1) is 28.8. The van der Waals surface area contributed by atoms with Gasteiger partial charge in [-0.1, -0.05) is 48.6 Å². The number of alkyl halides is 3. The van der Waals surface area contributed by atoms with E-state index in [-0.39, 0.29) is 35.6 Å². The first-order valence-electron chi connectivity index (χ1n) is 12.8. The van der Waals surface area contributed by atoms with Gasteiger partial charge >= 0.3 is 6.18 Å². The van der Waals surface area contributed by atoms with Gasteiger partial charge in [-0.15, -0.1) is 0 Å². The van der Waals surface area contributed by atoms with Gasteiger partial charge in [0.05, 0.1) is 35.8 Å². The molecule has 2 bridgehead atoms. The summed E-state index contributed by atoms with van der Waals surface area (Å²) in [5, 5.41) is 24.3. The van der Waals surface area contributed by atoms with Crippen LogP contribution in [0.25, 0.3) is 0 Å². The number of halogens is 3. The molecule has 39 heavy (non-hydrogen) atoms. The van der Waals surface area contributed by atoms with Gasteiger partial charge in [-0.3, -0.25) is 4.90 Å². The Balaban J connectivity index is 1.53. The van der Waals surface area contributed by atoms with Crippen LogP contribution in [0.3, 0.4) is 0 Å². The predicted molar refractivity (Wildman–Crippen MR) is 142 cm³/mol. The highest BCUT2D eigenvalue weighted by Gasteiger charge is 2.52. The Kier molecular flexibility index (Phi) is 7.60. The molecule has 13 heteroatoms. The van der Waals surface area contributed by atoms with Gasteiger partial charge in [-0.05, 0) is 30.5 Å². The number of hydrogen-bond donors (Lipinski definition) is 3. The predicted octanol–water partition coefficient (Wildman–Crippen LogP) is 1.93. The van der Waals surface area contributed by atoms with Crippen LogP contribution in [-0.4, -0.2) is 96.5 Å². The summed E-state index contributed by atoms with van der Waals surface area (Å²) in [5.41, 5.74) is -3.80. The molecule has 1 aromatic rings. The average Bonchev–Trinajstić information content (AvgIpc) is 3.04. The Morgan fingerprint density at radius 1 is 1.23 bits per heavy atom. The van der Waals surface area contributed by atoms with Crippen LogP contribution in [-0.2, 0) is 25.9 Å². The van der Waals surface area contributed by atoms with Crippen LogP contribution in [0.4, 0.5) is 13.2 Å². The summed E-state index contributed by atoms with van der Waals surface area (Å²) in [6.45, 7) is 2.23. The number of aliphatic hydroxyl groups is 2. The number of piperazine rings is 1. The van der Waals surface area contributed by atoms with Crippen molar-refractivity contribution in [2.24, 2.45) is 0 Å². The van der Waals surface area contributed by atoms with Gasteiger partial charge in [-0.25, -0.2) is 8.42 Å². The standard InChI is InChI=1S/C26H32F3N3O5S2/c1-24(34,26(27,28)29)17-6-8-18(9-7-17)25(16-32-19-12-21(33)20(32)14-37-13-19)15-31(11-10-30-25)39(35,36)23-5-3-2-4-22(23)38/h2-3,5-9,19-21,30,33-34H,4,10-16H2,1H3/t19?,20?,21?,24?,25-/m1/s1. The second kappa shape index (κ2) is 10.3. The number of thiocarbonyl (C=S) groups is 1. The monoisotopic (exact) mass is 587 g/mol. The molecule has 4 aliphatic rings. The molecule has 0 spiro atoms. The van der Waals surface area contributed by atoms with Gasteiger partial charge in [0.1, 0.15) is 0 Å². The minimum absolute atomic E-state index is 0.000897. The average molecular weight is 588 g/mol. The Morgan fingerprint density at radius 2 is 1.95 bits per heavy atom. The minimum Gasteiger partial charge on any atom is -0.391 e. The normalized spacial score (nSPS) is 32.2. The highest BCUT2D eigenvalue weighted by Crippen LogP contribution is 2.40. The lowest BCUT2D eigenvalue weighted by molar-refractivity contribution is -0.258. The zero-order valence-electron chi connectivity index (χ0n) is 21.4. The van der Waals surface area contributed by atoms with Crippen molar-refractivity contribution in [1.29, 1.82) is 0 Å². The molecule has 8 nitrogen and oxygen atoms in total. The van der Waals surface area contributed by atoms with Gasteiger partial charge < -0.3 is 20.3 Å². The summed E-state index contributed by atoms with van der Waals surface area (Å²) in [6.07, 6.45) is 0.355. The van der Waals surface area contributed by atoms with Crippen molar-refractivity contribution in [2.45, 2.75) is 55.3 Å². The number of benzene rings is 1. The molecular weight excluding hydrogens is 555 g/mol. The van der Waals surface area contributed by atoms with Gasteiger partial charge in [0.15, 0.2) is 5.60 Å². The molecule has 0 radical (unpaired) electrons. The number of ether oxygens (including phenoxy) is 1. The molecule has 5 atom stereocenters. The zero-order chi connectivity index (χ0) is 28.2. The molecule has 0 saturated carbocycles. The first-order valence-corrected chi connectivity index (χ1v) is 14.7. The van der Waals surface area contributed by atoms with E-state index >= 15 is 0 Å². The van der Waals surface area contributed by atoms with Crippen molar-refractivity contribution in [1.82, 2.24) is 14.5 Å². The molecular formula is C26H32F3N3O5S2. The number of rotatable bonds is 6. The van der Waals surface area contributed by atoms with Gasteiger partial charge in [0.25, 0.3) is 0 Å². The lowest BCUT2D eigenvalue weighted by Crippen LogP contribution is -2.65. The number of aliphatic hydroxyl groups excluding tert-OH is 1. The van der Waals surface area contributed by atoms with E-state index in [1.165, 1.54) is 34.6 Å². The summed E-state index contributed by atoms with van der Waals surface area (Å²) in [7, 11) is -3.95. The molecule has 3 N–H and O–H groups in total.